The highest BCUT2D eigenvalue weighted by Gasteiger charge is 2.20. The Balaban J connectivity index is 2.26. The van der Waals surface area contributed by atoms with Gasteiger partial charge < -0.3 is 4.90 Å². The maximum absolute atomic E-state index is 12.6. The Hall–Kier alpha value is -1.51. The molecule has 1 amide bonds. The van der Waals surface area contributed by atoms with E-state index >= 15 is 0 Å². The van der Waals surface area contributed by atoms with Crippen LogP contribution in [-0.4, -0.2) is 17.4 Å². The predicted octanol–water partition coefficient (Wildman–Crippen LogP) is 4.66. The first-order chi connectivity index (χ1) is 9.63. The summed E-state index contributed by atoms with van der Waals surface area (Å²) in [5.74, 6) is -0.146. The van der Waals surface area contributed by atoms with E-state index in [9.17, 15) is 4.79 Å². The van der Waals surface area contributed by atoms with E-state index in [0.29, 0.717) is 28.7 Å². The fourth-order valence-electron chi connectivity index (χ4n) is 1.99. The molecule has 2 rings (SSSR count). The van der Waals surface area contributed by atoms with Gasteiger partial charge in [-0.05, 0) is 24.6 Å². The number of rotatable bonds is 4. The lowest BCUT2D eigenvalue weighted by Gasteiger charge is -2.22. The number of hydrogen-bond acceptors (Lipinski definition) is 1. The van der Waals surface area contributed by atoms with Crippen LogP contribution >= 0.6 is 23.2 Å². The van der Waals surface area contributed by atoms with Crippen molar-refractivity contribution in [1.82, 2.24) is 4.90 Å². The summed E-state index contributed by atoms with van der Waals surface area (Å²) in [5.41, 5.74) is 1.44. The second-order valence-corrected chi connectivity index (χ2v) is 5.22. The smallest absolute Gasteiger partial charge is 0.257 e. The zero-order valence-corrected chi connectivity index (χ0v) is 12.7. The molecule has 20 heavy (non-hydrogen) atoms. The fraction of sp³-hybridized carbons (Fsp3) is 0.188. The monoisotopic (exact) mass is 307 g/mol. The Kier molecular flexibility index (Phi) is 5.05. The van der Waals surface area contributed by atoms with Crippen LogP contribution in [0.2, 0.25) is 10.0 Å². The lowest BCUT2D eigenvalue weighted by Crippen LogP contribution is -2.30. The molecular weight excluding hydrogens is 293 g/mol. The number of carbonyl (C=O) groups excluding carboxylic acids is 1. The second-order valence-electron chi connectivity index (χ2n) is 4.40. The molecule has 0 fully saturated rings. The number of hydrogen-bond donors (Lipinski definition) is 0. The molecular formula is C16H15Cl2NO. The molecule has 2 aromatic rings. The maximum Gasteiger partial charge on any atom is 0.257 e. The predicted molar refractivity (Wildman–Crippen MR) is 83.3 cm³/mol. The largest absolute Gasteiger partial charge is 0.335 e. The Morgan fingerprint density at radius 1 is 1.00 bits per heavy atom. The van der Waals surface area contributed by atoms with Crippen LogP contribution in [0.5, 0.6) is 0 Å². The summed E-state index contributed by atoms with van der Waals surface area (Å²) in [6.45, 7) is 3.07. The molecule has 0 aliphatic heterocycles. The van der Waals surface area contributed by atoms with E-state index in [2.05, 4.69) is 0 Å². The quantitative estimate of drug-likeness (QED) is 0.804. The molecule has 0 saturated carbocycles. The Morgan fingerprint density at radius 3 is 2.15 bits per heavy atom. The van der Waals surface area contributed by atoms with Gasteiger partial charge in [0.1, 0.15) is 0 Å². The normalized spacial score (nSPS) is 10.3. The molecule has 0 saturated heterocycles. The third-order valence-corrected chi connectivity index (χ3v) is 3.69. The molecule has 104 valence electrons. The number of nitrogens with zero attached hydrogens (tertiary/aromatic N) is 1. The first-order valence-corrected chi connectivity index (χ1v) is 7.16. The first kappa shape index (κ1) is 14.9. The van der Waals surface area contributed by atoms with Gasteiger partial charge in [0.15, 0.2) is 0 Å². The molecule has 0 radical (unpaired) electrons. The Labute approximate surface area is 128 Å². The summed E-state index contributed by atoms with van der Waals surface area (Å²) in [6, 6.07) is 14.9. The van der Waals surface area contributed by atoms with Gasteiger partial charge in [0.05, 0.1) is 15.6 Å². The number of amides is 1. The van der Waals surface area contributed by atoms with Crippen LogP contribution in [0, 0.1) is 0 Å². The highest BCUT2D eigenvalue weighted by molar-refractivity contribution is 6.39. The Bertz CT molecular complexity index is 578. The molecule has 0 aliphatic carbocycles. The summed E-state index contributed by atoms with van der Waals surface area (Å²) in [4.78, 5) is 14.3. The Morgan fingerprint density at radius 2 is 1.60 bits per heavy atom. The average Bonchev–Trinajstić information content (AvgIpc) is 2.45. The minimum absolute atomic E-state index is 0.146. The molecule has 0 aliphatic rings. The van der Waals surface area contributed by atoms with Gasteiger partial charge in [0.2, 0.25) is 0 Å². The van der Waals surface area contributed by atoms with E-state index in [1.807, 2.05) is 37.3 Å². The minimum atomic E-state index is -0.146. The number of benzene rings is 2. The molecule has 0 spiro atoms. The van der Waals surface area contributed by atoms with Crippen molar-refractivity contribution in [2.75, 3.05) is 6.54 Å². The van der Waals surface area contributed by atoms with Crippen molar-refractivity contribution in [1.29, 1.82) is 0 Å². The van der Waals surface area contributed by atoms with Crippen molar-refractivity contribution >= 4 is 29.1 Å². The van der Waals surface area contributed by atoms with Crippen LogP contribution in [-0.2, 0) is 6.54 Å². The van der Waals surface area contributed by atoms with Crippen LogP contribution in [0.1, 0.15) is 22.8 Å². The van der Waals surface area contributed by atoms with Gasteiger partial charge in [0, 0.05) is 13.1 Å². The highest BCUT2D eigenvalue weighted by Crippen LogP contribution is 2.26. The van der Waals surface area contributed by atoms with E-state index in [1.165, 1.54) is 0 Å². The van der Waals surface area contributed by atoms with Gasteiger partial charge in [0.25, 0.3) is 5.91 Å². The van der Waals surface area contributed by atoms with E-state index in [4.69, 9.17) is 23.2 Å². The lowest BCUT2D eigenvalue weighted by molar-refractivity contribution is 0.0753. The maximum atomic E-state index is 12.6. The standard InChI is InChI=1S/C16H15Cl2NO/c1-2-19(11-12-7-4-3-5-8-12)16(20)15-13(17)9-6-10-14(15)18/h3-10H,2,11H2,1H3. The van der Waals surface area contributed by atoms with Crippen molar-refractivity contribution in [2.45, 2.75) is 13.5 Å². The lowest BCUT2D eigenvalue weighted by atomic mass is 10.1. The summed E-state index contributed by atoms with van der Waals surface area (Å²) in [5, 5.41) is 0.767. The molecule has 0 aromatic heterocycles. The van der Waals surface area contributed by atoms with Crippen LogP contribution in [0.15, 0.2) is 48.5 Å². The minimum Gasteiger partial charge on any atom is -0.335 e. The SMILES string of the molecule is CCN(Cc1ccccc1)C(=O)c1c(Cl)cccc1Cl. The molecule has 0 N–H and O–H groups in total. The van der Waals surface area contributed by atoms with Crippen molar-refractivity contribution < 1.29 is 4.79 Å². The van der Waals surface area contributed by atoms with E-state index in [0.717, 1.165) is 5.56 Å². The molecule has 2 aromatic carbocycles. The van der Waals surface area contributed by atoms with Crippen molar-refractivity contribution in [3.8, 4) is 0 Å². The van der Waals surface area contributed by atoms with Crippen molar-refractivity contribution in [3.05, 3.63) is 69.7 Å². The summed E-state index contributed by atoms with van der Waals surface area (Å²) in [7, 11) is 0. The van der Waals surface area contributed by atoms with Crippen LogP contribution in [0.25, 0.3) is 0 Å². The van der Waals surface area contributed by atoms with Crippen LogP contribution < -0.4 is 0 Å². The fourth-order valence-corrected chi connectivity index (χ4v) is 2.55. The van der Waals surface area contributed by atoms with Crippen LogP contribution in [0.4, 0.5) is 0 Å². The molecule has 4 heteroatoms. The van der Waals surface area contributed by atoms with Crippen molar-refractivity contribution in [2.24, 2.45) is 0 Å². The third-order valence-electron chi connectivity index (χ3n) is 3.06. The van der Waals surface area contributed by atoms with Crippen LogP contribution in [0.3, 0.4) is 0 Å². The average molecular weight is 308 g/mol. The van der Waals surface area contributed by atoms with E-state index in [1.54, 1.807) is 23.1 Å². The van der Waals surface area contributed by atoms with Gasteiger partial charge in [-0.15, -0.1) is 0 Å². The van der Waals surface area contributed by atoms with Gasteiger partial charge in [-0.3, -0.25) is 4.79 Å². The molecule has 0 bridgehead atoms. The zero-order valence-electron chi connectivity index (χ0n) is 11.1. The summed E-state index contributed by atoms with van der Waals surface area (Å²) < 4.78 is 0. The van der Waals surface area contributed by atoms with Gasteiger partial charge in [-0.2, -0.15) is 0 Å². The first-order valence-electron chi connectivity index (χ1n) is 6.40. The molecule has 0 heterocycles. The number of carbonyl (C=O) groups is 1. The third kappa shape index (κ3) is 3.33. The molecule has 0 unspecified atom stereocenters. The summed E-state index contributed by atoms with van der Waals surface area (Å²) >= 11 is 12.2. The zero-order chi connectivity index (χ0) is 14.5. The second kappa shape index (κ2) is 6.78. The molecule has 2 nitrogen and oxygen atoms in total. The number of halogens is 2. The highest BCUT2D eigenvalue weighted by atomic mass is 35.5. The van der Waals surface area contributed by atoms with E-state index in [-0.39, 0.29) is 5.91 Å². The summed E-state index contributed by atoms with van der Waals surface area (Å²) in [6.07, 6.45) is 0. The van der Waals surface area contributed by atoms with Gasteiger partial charge >= 0.3 is 0 Å². The van der Waals surface area contributed by atoms with Crippen molar-refractivity contribution in [3.63, 3.8) is 0 Å². The van der Waals surface area contributed by atoms with Gasteiger partial charge in [-0.25, -0.2) is 0 Å². The van der Waals surface area contributed by atoms with E-state index < -0.39 is 0 Å². The molecule has 0 atom stereocenters. The van der Waals surface area contributed by atoms with Gasteiger partial charge in [-0.1, -0.05) is 59.6 Å². The topological polar surface area (TPSA) is 20.3 Å².